The summed E-state index contributed by atoms with van der Waals surface area (Å²) < 4.78 is 20.8. The number of rotatable bonds is 7. The largest absolute Gasteiger partial charge is 0.462 e. The number of carbonyl (C=O) groups is 2. The van der Waals surface area contributed by atoms with Crippen molar-refractivity contribution in [2.75, 3.05) is 11.9 Å². The molecule has 2 aromatic heterocycles. The van der Waals surface area contributed by atoms with E-state index in [1.54, 1.807) is 31.2 Å². The Balaban J connectivity index is 1.46. The van der Waals surface area contributed by atoms with Gasteiger partial charge in [0.25, 0.3) is 5.56 Å². The number of anilines is 1. The quantitative estimate of drug-likeness (QED) is 0.428. The van der Waals surface area contributed by atoms with Gasteiger partial charge >= 0.3 is 5.97 Å². The lowest BCUT2D eigenvalue weighted by Gasteiger charge is -2.08. The van der Waals surface area contributed by atoms with Crippen LogP contribution < -0.4 is 10.9 Å². The van der Waals surface area contributed by atoms with E-state index in [1.807, 2.05) is 0 Å². The van der Waals surface area contributed by atoms with Gasteiger partial charge in [0.1, 0.15) is 18.7 Å². The average molecular weight is 450 g/mol. The van der Waals surface area contributed by atoms with Crippen molar-refractivity contribution in [1.29, 1.82) is 0 Å². The van der Waals surface area contributed by atoms with E-state index < -0.39 is 17.4 Å². The SMILES string of the molecule is CCOC(=O)c1ccc(NC(=O)Cn2cnc3c(nnn3Cc3cccc(F)c3)c2=O)cc1. The minimum atomic E-state index is -0.529. The van der Waals surface area contributed by atoms with Crippen LogP contribution in [0.4, 0.5) is 10.1 Å². The van der Waals surface area contributed by atoms with Gasteiger partial charge in [-0.15, -0.1) is 5.10 Å². The zero-order valence-electron chi connectivity index (χ0n) is 17.6. The summed E-state index contributed by atoms with van der Waals surface area (Å²) in [6.45, 7) is 1.87. The van der Waals surface area contributed by atoms with Gasteiger partial charge in [-0.05, 0) is 48.9 Å². The normalized spacial score (nSPS) is 10.8. The Hall–Kier alpha value is -4.41. The van der Waals surface area contributed by atoms with Crippen LogP contribution in [0.3, 0.4) is 0 Å². The second-order valence-corrected chi connectivity index (χ2v) is 7.07. The van der Waals surface area contributed by atoms with E-state index in [1.165, 1.54) is 35.3 Å². The van der Waals surface area contributed by atoms with E-state index in [4.69, 9.17) is 4.74 Å². The highest BCUT2D eigenvalue weighted by molar-refractivity contribution is 5.93. The second kappa shape index (κ2) is 9.39. The standard InChI is InChI=1S/C22H19FN6O4/c1-2-33-22(32)15-6-8-17(9-7-15)25-18(30)12-28-13-24-20-19(21(28)31)26-27-29(20)11-14-4-3-5-16(23)10-14/h3-10,13H,2,11-12H2,1H3,(H,25,30). The van der Waals surface area contributed by atoms with Gasteiger partial charge in [-0.1, -0.05) is 17.3 Å². The van der Waals surface area contributed by atoms with Gasteiger partial charge in [0.15, 0.2) is 11.2 Å². The van der Waals surface area contributed by atoms with Gasteiger partial charge in [0.2, 0.25) is 5.91 Å². The maximum absolute atomic E-state index is 13.4. The molecule has 0 fully saturated rings. The van der Waals surface area contributed by atoms with Crippen LogP contribution >= 0.6 is 0 Å². The van der Waals surface area contributed by atoms with Crippen molar-refractivity contribution < 1.29 is 18.7 Å². The van der Waals surface area contributed by atoms with E-state index in [0.717, 1.165) is 4.57 Å². The lowest BCUT2D eigenvalue weighted by molar-refractivity contribution is -0.116. The summed E-state index contributed by atoms with van der Waals surface area (Å²) in [7, 11) is 0. The fourth-order valence-electron chi connectivity index (χ4n) is 3.17. The van der Waals surface area contributed by atoms with Crippen LogP contribution in [-0.2, 0) is 22.6 Å². The van der Waals surface area contributed by atoms with Crippen LogP contribution in [0.15, 0.2) is 59.7 Å². The van der Waals surface area contributed by atoms with Crippen molar-refractivity contribution in [2.45, 2.75) is 20.0 Å². The van der Waals surface area contributed by atoms with Crippen molar-refractivity contribution in [2.24, 2.45) is 0 Å². The average Bonchev–Trinajstić information content (AvgIpc) is 3.20. The third kappa shape index (κ3) is 4.92. The summed E-state index contributed by atoms with van der Waals surface area (Å²) in [4.78, 5) is 41.0. The highest BCUT2D eigenvalue weighted by Crippen LogP contribution is 2.12. The molecule has 2 aromatic carbocycles. The monoisotopic (exact) mass is 450 g/mol. The number of aromatic nitrogens is 5. The van der Waals surface area contributed by atoms with Crippen molar-refractivity contribution in [3.05, 3.63) is 82.2 Å². The molecule has 4 rings (SSSR count). The highest BCUT2D eigenvalue weighted by atomic mass is 19.1. The minimum absolute atomic E-state index is 0.000456. The molecule has 10 nitrogen and oxygen atoms in total. The number of fused-ring (bicyclic) bond motifs is 1. The van der Waals surface area contributed by atoms with Gasteiger partial charge in [0, 0.05) is 5.69 Å². The Morgan fingerprint density at radius 3 is 2.67 bits per heavy atom. The molecule has 168 valence electrons. The Kier molecular flexibility index (Phi) is 6.20. The number of ether oxygens (including phenoxy) is 1. The van der Waals surface area contributed by atoms with E-state index in [2.05, 4.69) is 20.6 Å². The minimum Gasteiger partial charge on any atom is -0.462 e. The highest BCUT2D eigenvalue weighted by Gasteiger charge is 2.15. The molecule has 0 aliphatic rings. The first-order valence-electron chi connectivity index (χ1n) is 10.0. The molecule has 0 radical (unpaired) electrons. The van der Waals surface area contributed by atoms with Crippen LogP contribution in [0.25, 0.3) is 11.2 Å². The number of nitrogens with zero attached hydrogens (tertiary/aromatic N) is 5. The molecule has 0 aliphatic carbocycles. The van der Waals surface area contributed by atoms with Gasteiger partial charge in [-0.3, -0.25) is 14.2 Å². The molecular weight excluding hydrogens is 431 g/mol. The Morgan fingerprint density at radius 1 is 1.15 bits per heavy atom. The molecule has 0 unspecified atom stereocenters. The Bertz CT molecular complexity index is 1380. The number of carbonyl (C=O) groups excluding carboxylic acids is 2. The molecule has 0 aliphatic heterocycles. The molecule has 2 heterocycles. The summed E-state index contributed by atoms with van der Waals surface area (Å²) in [5, 5.41) is 10.5. The summed E-state index contributed by atoms with van der Waals surface area (Å²) in [5.74, 6) is -1.30. The fraction of sp³-hybridized carbons (Fsp3) is 0.182. The molecule has 33 heavy (non-hydrogen) atoms. The van der Waals surface area contributed by atoms with Gasteiger partial charge in [-0.2, -0.15) is 0 Å². The summed E-state index contributed by atoms with van der Waals surface area (Å²) in [6.07, 6.45) is 1.24. The molecule has 1 amide bonds. The van der Waals surface area contributed by atoms with Crippen LogP contribution in [0, 0.1) is 5.82 Å². The zero-order valence-corrected chi connectivity index (χ0v) is 17.6. The predicted molar refractivity (Wildman–Crippen MR) is 116 cm³/mol. The maximum Gasteiger partial charge on any atom is 0.338 e. The zero-order chi connectivity index (χ0) is 23.4. The first-order valence-corrected chi connectivity index (χ1v) is 10.0. The van der Waals surface area contributed by atoms with Gasteiger partial charge < -0.3 is 10.1 Å². The van der Waals surface area contributed by atoms with Crippen LogP contribution in [0.1, 0.15) is 22.8 Å². The number of benzene rings is 2. The van der Waals surface area contributed by atoms with Crippen LogP contribution in [0.5, 0.6) is 0 Å². The molecule has 0 saturated heterocycles. The van der Waals surface area contributed by atoms with E-state index in [0.29, 0.717) is 16.8 Å². The van der Waals surface area contributed by atoms with E-state index in [9.17, 15) is 18.8 Å². The predicted octanol–water partition coefficient (Wildman–Crippen LogP) is 1.99. The molecular formula is C22H19FN6O4. The Labute approximate surface area is 186 Å². The molecule has 11 heteroatoms. The maximum atomic E-state index is 13.4. The van der Waals surface area contributed by atoms with E-state index in [-0.39, 0.29) is 36.7 Å². The molecule has 0 bridgehead atoms. The third-order valence-electron chi connectivity index (χ3n) is 4.71. The molecule has 4 aromatic rings. The number of hydrogen-bond acceptors (Lipinski definition) is 7. The second-order valence-electron chi connectivity index (χ2n) is 7.07. The molecule has 0 atom stereocenters. The number of hydrogen-bond donors (Lipinski definition) is 1. The lowest BCUT2D eigenvalue weighted by Crippen LogP contribution is -2.28. The summed E-state index contributed by atoms with van der Waals surface area (Å²) in [5.41, 5.74) is 1.16. The van der Waals surface area contributed by atoms with Crippen molar-refractivity contribution in [3.8, 4) is 0 Å². The summed E-state index contributed by atoms with van der Waals surface area (Å²) >= 11 is 0. The van der Waals surface area contributed by atoms with Crippen molar-refractivity contribution in [3.63, 3.8) is 0 Å². The first-order chi connectivity index (χ1) is 15.9. The number of esters is 1. The molecule has 0 spiro atoms. The van der Waals surface area contributed by atoms with Crippen LogP contribution in [-0.4, -0.2) is 43.0 Å². The molecule has 1 N–H and O–H groups in total. The third-order valence-corrected chi connectivity index (χ3v) is 4.71. The lowest BCUT2D eigenvalue weighted by atomic mass is 10.2. The smallest absolute Gasteiger partial charge is 0.338 e. The fourth-order valence-corrected chi connectivity index (χ4v) is 3.17. The molecule has 0 saturated carbocycles. The van der Waals surface area contributed by atoms with Crippen LogP contribution in [0.2, 0.25) is 0 Å². The Morgan fingerprint density at radius 2 is 1.94 bits per heavy atom. The summed E-state index contributed by atoms with van der Waals surface area (Å²) in [6, 6.07) is 12.2. The van der Waals surface area contributed by atoms with Crippen molar-refractivity contribution in [1.82, 2.24) is 24.5 Å². The number of amides is 1. The number of halogens is 1. The van der Waals surface area contributed by atoms with E-state index >= 15 is 0 Å². The van der Waals surface area contributed by atoms with Crippen molar-refractivity contribution >= 4 is 28.7 Å². The number of nitrogens with one attached hydrogen (secondary N) is 1. The van der Waals surface area contributed by atoms with Gasteiger partial charge in [0.05, 0.1) is 18.7 Å². The van der Waals surface area contributed by atoms with Gasteiger partial charge in [-0.25, -0.2) is 18.9 Å². The topological polar surface area (TPSA) is 121 Å². The first kappa shape index (κ1) is 21.8.